The van der Waals surface area contributed by atoms with E-state index in [1.165, 1.54) is 0 Å². The molecule has 0 unspecified atom stereocenters. The molecule has 0 fully saturated rings. The van der Waals surface area contributed by atoms with Gasteiger partial charge in [0.25, 0.3) is 0 Å². The Morgan fingerprint density at radius 3 is 2.57 bits per heavy atom. The highest BCUT2D eigenvalue weighted by Gasteiger charge is 2.03. The maximum absolute atomic E-state index is 6.08. The molecule has 2 aromatic rings. The minimum Gasteiger partial charge on any atom is -0.265 e. The third-order valence-corrected chi connectivity index (χ3v) is 2.22. The van der Waals surface area contributed by atoms with Gasteiger partial charge in [-0.3, -0.25) is 9.97 Å². The Hall–Kier alpha value is -1.41. The van der Waals surface area contributed by atoms with Crippen LogP contribution in [-0.4, -0.2) is 9.97 Å². The average Bonchev–Trinajstić information content (AvgIpc) is 2.19. The van der Waals surface area contributed by atoms with E-state index in [2.05, 4.69) is 9.97 Å². The molecule has 2 aromatic heterocycles. The maximum Gasteiger partial charge on any atom is 0.0889 e. The first-order valence-corrected chi connectivity index (χ1v) is 4.68. The van der Waals surface area contributed by atoms with Crippen molar-refractivity contribution in [1.82, 2.24) is 9.97 Å². The van der Waals surface area contributed by atoms with Crippen LogP contribution in [0.4, 0.5) is 0 Å². The molecule has 2 rings (SSSR count). The van der Waals surface area contributed by atoms with Crippen molar-refractivity contribution >= 4 is 11.6 Å². The standard InChI is InChI=1S/C11H9ClN2/c1-8-6-10(12)11(14-7-8)9-2-4-13-5-3-9/h2-7H,1H3. The van der Waals surface area contributed by atoms with Crippen LogP contribution < -0.4 is 0 Å². The van der Waals surface area contributed by atoms with Crippen LogP contribution in [0.25, 0.3) is 11.3 Å². The summed E-state index contributed by atoms with van der Waals surface area (Å²) in [7, 11) is 0. The first-order valence-electron chi connectivity index (χ1n) is 4.30. The molecule has 0 bridgehead atoms. The maximum atomic E-state index is 6.08. The topological polar surface area (TPSA) is 25.8 Å². The summed E-state index contributed by atoms with van der Waals surface area (Å²) in [6, 6.07) is 5.69. The van der Waals surface area contributed by atoms with Gasteiger partial charge in [-0.2, -0.15) is 0 Å². The Morgan fingerprint density at radius 1 is 1.21 bits per heavy atom. The minimum absolute atomic E-state index is 0.677. The van der Waals surface area contributed by atoms with E-state index in [-0.39, 0.29) is 0 Å². The third kappa shape index (κ3) is 1.75. The summed E-state index contributed by atoms with van der Waals surface area (Å²) >= 11 is 6.08. The summed E-state index contributed by atoms with van der Waals surface area (Å²) in [5.74, 6) is 0. The Kier molecular flexibility index (Phi) is 2.46. The van der Waals surface area contributed by atoms with E-state index in [1.807, 2.05) is 31.3 Å². The van der Waals surface area contributed by atoms with Crippen molar-refractivity contribution in [2.24, 2.45) is 0 Å². The van der Waals surface area contributed by atoms with Crippen LogP contribution >= 0.6 is 11.6 Å². The van der Waals surface area contributed by atoms with Crippen LogP contribution in [0.3, 0.4) is 0 Å². The average molecular weight is 205 g/mol. The molecule has 0 spiro atoms. The summed E-state index contributed by atoms with van der Waals surface area (Å²) in [6.07, 6.45) is 5.27. The molecule has 2 nitrogen and oxygen atoms in total. The van der Waals surface area contributed by atoms with Crippen molar-refractivity contribution in [2.45, 2.75) is 6.92 Å². The minimum atomic E-state index is 0.677. The summed E-state index contributed by atoms with van der Waals surface area (Å²) in [4.78, 5) is 8.24. The van der Waals surface area contributed by atoms with E-state index < -0.39 is 0 Å². The molecule has 0 saturated carbocycles. The van der Waals surface area contributed by atoms with Gasteiger partial charge in [-0.25, -0.2) is 0 Å². The molecule has 0 aliphatic rings. The van der Waals surface area contributed by atoms with E-state index in [1.54, 1.807) is 12.4 Å². The van der Waals surface area contributed by atoms with Crippen LogP contribution in [0, 0.1) is 6.92 Å². The number of aromatic nitrogens is 2. The summed E-state index contributed by atoms with van der Waals surface area (Å²) in [5.41, 5.74) is 2.86. The number of hydrogen-bond acceptors (Lipinski definition) is 2. The monoisotopic (exact) mass is 204 g/mol. The molecule has 0 N–H and O–H groups in total. The van der Waals surface area contributed by atoms with Gasteiger partial charge < -0.3 is 0 Å². The molecule has 0 atom stereocenters. The number of hydrogen-bond donors (Lipinski definition) is 0. The summed E-state index contributed by atoms with van der Waals surface area (Å²) in [6.45, 7) is 1.97. The lowest BCUT2D eigenvalue weighted by molar-refractivity contribution is 1.25. The lowest BCUT2D eigenvalue weighted by Gasteiger charge is -2.03. The van der Waals surface area contributed by atoms with Gasteiger partial charge in [-0.05, 0) is 30.7 Å². The molecule has 70 valence electrons. The number of nitrogens with zero attached hydrogens (tertiary/aromatic N) is 2. The molecule has 0 aromatic carbocycles. The SMILES string of the molecule is Cc1cnc(-c2ccncc2)c(Cl)c1. The second kappa shape index (κ2) is 3.76. The van der Waals surface area contributed by atoms with Gasteiger partial charge in [0.2, 0.25) is 0 Å². The highest BCUT2D eigenvalue weighted by molar-refractivity contribution is 6.33. The zero-order valence-electron chi connectivity index (χ0n) is 7.74. The first kappa shape index (κ1) is 9.16. The molecule has 0 radical (unpaired) electrons. The van der Waals surface area contributed by atoms with Gasteiger partial charge in [0, 0.05) is 24.2 Å². The van der Waals surface area contributed by atoms with E-state index in [4.69, 9.17) is 11.6 Å². The highest BCUT2D eigenvalue weighted by Crippen LogP contribution is 2.25. The fraction of sp³-hybridized carbons (Fsp3) is 0.0909. The van der Waals surface area contributed by atoms with E-state index >= 15 is 0 Å². The van der Waals surface area contributed by atoms with Gasteiger partial charge in [-0.15, -0.1) is 0 Å². The van der Waals surface area contributed by atoms with Crippen LogP contribution in [-0.2, 0) is 0 Å². The van der Waals surface area contributed by atoms with Gasteiger partial charge in [0.1, 0.15) is 0 Å². The van der Waals surface area contributed by atoms with Crippen molar-refractivity contribution in [3.8, 4) is 11.3 Å². The molecule has 0 saturated heterocycles. The van der Waals surface area contributed by atoms with E-state index in [9.17, 15) is 0 Å². The van der Waals surface area contributed by atoms with Gasteiger partial charge >= 0.3 is 0 Å². The van der Waals surface area contributed by atoms with Crippen molar-refractivity contribution in [3.63, 3.8) is 0 Å². The predicted molar refractivity (Wildman–Crippen MR) is 57.2 cm³/mol. The fourth-order valence-corrected chi connectivity index (χ4v) is 1.59. The Balaban J connectivity index is 2.53. The van der Waals surface area contributed by atoms with Crippen LogP contribution in [0.15, 0.2) is 36.8 Å². The highest BCUT2D eigenvalue weighted by atomic mass is 35.5. The normalized spacial score (nSPS) is 10.1. The number of halogens is 1. The second-order valence-corrected chi connectivity index (χ2v) is 3.49. The third-order valence-electron chi connectivity index (χ3n) is 1.93. The molecule has 3 heteroatoms. The largest absolute Gasteiger partial charge is 0.265 e. The van der Waals surface area contributed by atoms with E-state index in [0.717, 1.165) is 16.8 Å². The second-order valence-electron chi connectivity index (χ2n) is 3.08. The molecule has 0 aliphatic heterocycles. The van der Waals surface area contributed by atoms with Crippen molar-refractivity contribution in [2.75, 3.05) is 0 Å². The summed E-state index contributed by atoms with van der Waals surface area (Å²) in [5, 5.41) is 0.677. The van der Waals surface area contributed by atoms with Gasteiger partial charge in [0.05, 0.1) is 10.7 Å². The molecular formula is C11H9ClN2. The van der Waals surface area contributed by atoms with Crippen LogP contribution in [0.2, 0.25) is 5.02 Å². The Labute approximate surface area is 87.6 Å². The molecule has 0 amide bonds. The number of pyridine rings is 2. The number of rotatable bonds is 1. The van der Waals surface area contributed by atoms with E-state index in [0.29, 0.717) is 5.02 Å². The molecule has 14 heavy (non-hydrogen) atoms. The van der Waals surface area contributed by atoms with Crippen molar-refractivity contribution in [3.05, 3.63) is 47.4 Å². The van der Waals surface area contributed by atoms with Gasteiger partial charge in [0.15, 0.2) is 0 Å². The molecular weight excluding hydrogens is 196 g/mol. The molecule has 0 aliphatic carbocycles. The Morgan fingerprint density at radius 2 is 1.93 bits per heavy atom. The Bertz CT molecular complexity index is 440. The zero-order valence-corrected chi connectivity index (χ0v) is 8.49. The number of aryl methyl sites for hydroxylation is 1. The zero-order chi connectivity index (χ0) is 9.97. The smallest absolute Gasteiger partial charge is 0.0889 e. The quantitative estimate of drug-likeness (QED) is 0.714. The summed E-state index contributed by atoms with van der Waals surface area (Å²) < 4.78 is 0. The van der Waals surface area contributed by atoms with Crippen LogP contribution in [0.1, 0.15) is 5.56 Å². The lowest BCUT2D eigenvalue weighted by Crippen LogP contribution is -1.86. The lowest BCUT2D eigenvalue weighted by atomic mass is 10.1. The first-order chi connectivity index (χ1) is 6.77. The molecule has 2 heterocycles. The van der Waals surface area contributed by atoms with Crippen LogP contribution in [0.5, 0.6) is 0 Å². The fourth-order valence-electron chi connectivity index (χ4n) is 1.26. The predicted octanol–water partition coefficient (Wildman–Crippen LogP) is 3.11. The van der Waals surface area contributed by atoms with Crippen molar-refractivity contribution < 1.29 is 0 Å². The van der Waals surface area contributed by atoms with Crippen molar-refractivity contribution in [1.29, 1.82) is 0 Å². The van der Waals surface area contributed by atoms with Gasteiger partial charge in [-0.1, -0.05) is 11.6 Å².